The minimum absolute atomic E-state index is 0.701. The van der Waals surface area contributed by atoms with Crippen LogP contribution in [0.1, 0.15) is 30.4 Å². The molecule has 1 aliphatic carbocycles. The van der Waals surface area contributed by atoms with Crippen LogP contribution in [0.15, 0.2) is 18.2 Å². The van der Waals surface area contributed by atoms with Crippen molar-refractivity contribution in [1.82, 2.24) is 10.2 Å². The van der Waals surface area contributed by atoms with Crippen LogP contribution in [-0.4, -0.2) is 36.6 Å². The van der Waals surface area contributed by atoms with Gasteiger partial charge in [-0.1, -0.05) is 12.1 Å². The minimum atomic E-state index is 0.701. The molecule has 0 aromatic heterocycles. The Balaban J connectivity index is 1.32. The number of fused-ring (bicyclic) bond motifs is 1. The molecule has 0 amide bonds. The molecule has 1 aromatic carbocycles. The average Bonchev–Trinajstić information content (AvgIpc) is 3.01. The predicted octanol–water partition coefficient (Wildman–Crippen LogP) is 1.98. The Hall–Kier alpha value is -1.06. The van der Waals surface area contributed by atoms with Gasteiger partial charge in [0.2, 0.25) is 0 Å². The van der Waals surface area contributed by atoms with E-state index in [1.165, 1.54) is 55.6 Å². The molecule has 4 rings (SSSR count). The summed E-state index contributed by atoms with van der Waals surface area (Å²) in [6.45, 7) is 4.69. The van der Waals surface area contributed by atoms with Gasteiger partial charge in [-0.3, -0.25) is 4.90 Å². The van der Waals surface area contributed by atoms with E-state index in [9.17, 15) is 0 Å². The summed E-state index contributed by atoms with van der Waals surface area (Å²) in [6, 6.07) is 8.50. The summed E-state index contributed by atoms with van der Waals surface area (Å²) < 4.78 is 0. The van der Waals surface area contributed by atoms with Crippen molar-refractivity contribution in [2.75, 3.05) is 25.0 Å². The lowest BCUT2D eigenvalue weighted by molar-refractivity contribution is 0.317. The fraction of sp³-hybridized carbons (Fsp3) is 0.625. The predicted molar refractivity (Wildman–Crippen MR) is 78.5 cm³/mol. The van der Waals surface area contributed by atoms with Crippen molar-refractivity contribution >= 4 is 5.69 Å². The number of nitrogens with zero attached hydrogens (tertiary/aromatic N) is 1. The minimum Gasteiger partial charge on any atom is -0.384 e. The van der Waals surface area contributed by atoms with Crippen molar-refractivity contribution < 1.29 is 0 Å². The highest BCUT2D eigenvalue weighted by Crippen LogP contribution is 2.30. The van der Waals surface area contributed by atoms with Crippen molar-refractivity contribution in [3.8, 4) is 0 Å². The number of anilines is 1. The van der Waals surface area contributed by atoms with Gasteiger partial charge in [0.25, 0.3) is 0 Å². The summed E-state index contributed by atoms with van der Waals surface area (Å²) >= 11 is 0. The van der Waals surface area contributed by atoms with Crippen molar-refractivity contribution in [2.45, 2.75) is 44.3 Å². The van der Waals surface area contributed by atoms with Gasteiger partial charge in [0, 0.05) is 44.0 Å². The Bertz CT molecular complexity index is 467. The molecule has 1 unspecified atom stereocenters. The molecule has 1 aromatic rings. The lowest BCUT2D eigenvalue weighted by Gasteiger charge is -2.16. The second-order valence-corrected chi connectivity index (χ2v) is 6.26. The maximum Gasteiger partial charge on any atom is 0.0373 e. The number of likely N-dealkylation sites (tertiary alicyclic amines) is 1. The summed E-state index contributed by atoms with van der Waals surface area (Å²) in [7, 11) is 0. The quantitative estimate of drug-likeness (QED) is 0.863. The van der Waals surface area contributed by atoms with E-state index in [0.717, 1.165) is 19.1 Å². The van der Waals surface area contributed by atoms with E-state index in [4.69, 9.17) is 0 Å². The Morgan fingerprint density at radius 2 is 2.21 bits per heavy atom. The van der Waals surface area contributed by atoms with Crippen molar-refractivity contribution in [2.24, 2.45) is 0 Å². The van der Waals surface area contributed by atoms with Gasteiger partial charge in [0.1, 0.15) is 0 Å². The highest BCUT2D eigenvalue weighted by Gasteiger charge is 2.33. The largest absolute Gasteiger partial charge is 0.384 e. The van der Waals surface area contributed by atoms with E-state index in [2.05, 4.69) is 33.7 Å². The number of hydrogen-bond donors (Lipinski definition) is 2. The lowest BCUT2D eigenvalue weighted by Crippen LogP contribution is -2.32. The molecule has 3 nitrogen and oxygen atoms in total. The number of hydrogen-bond acceptors (Lipinski definition) is 3. The Morgan fingerprint density at radius 3 is 3.11 bits per heavy atom. The SMILES string of the molecule is c1cc2c(cc1CNC1CCN(C3CC3)C1)CCN2. The summed E-state index contributed by atoms with van der Waals surface area (Å²) in [5, 5.41) is 7.16. The Kier molecular flexibility index (Phi) is 2.97. The fourth-order valence-corrected chi connectivity index (χ4v) is 3.46. The van der Waals surface area contributed by atoms with Crippen LogP contribution in [0.3, 0.4) is 0 Å². The highest BCUT2D eigenvalue weighted by molar-refractivity contribution is 5.56. The lowest BCUT2D eigenvalue weighted by atomic mass is 10.1. The van der Waals surface area contributed by atoms with Crippen LogP contribution in [0.5, 0.6) is 0 Å². The first-order valence-electron chi connectivity index (χ1n) is 7.71. The molecule has 0 radical (unpaired) electrons. The van der Waals surface area contributed by atoms with Crippen LogP contribution >= 0.6 is 0 Å². The van der Waals surface area contributed by atoms with Crippen LogP contribution in [0.4, 0.5) is 5.69 Å². The van der Waals surface area contributed by atoms with Crippen LogP contribution in [-0.2, 0) is 13.0 Å². The summed E-state index contributed by atoms with van der Waals surface area (Å²) in [5.74, 6) is 0. The fourth-order valence-electron chi connectivity index (χ4n) is 3.46. The van der Waals surface area contributed by atoms with E-state index < -0.39 is 0 Å². The molecule has 1 saturated heterocycles. The molecule has 102 valence electrons. The number of benzene rings is 1. The molecule has 1 atom stereocenters. The van der Waals surface area contributed by atoms with Gasteiger partial charge in [0.05, 0.1) is 0 Å². The third kappa shape index (κ3) is 2.49. The summed E-state index contributed by atoms with van der Waals surface area (Å²) in [5.41, 5.74) is 4.27. The second kappa shape index (κ2) is 4.80. The standard InChI is InChI=1S/C16H23N3/c1-4-16-13(5-7-17-16)9-12(1)10-18-14-6-8-19(11-14)15-2-3-15/h1,4,9,14-15,17-18H,2-3,5-8,10-11H2. The van der Waals surface area contributed by atoms with Gasteiger partial charge in [0.15, 0.2) is 0 Å². The maximum absolute atomic E-state index is 3.74. The molecule has 0 bridgehead atoms. The topological polar surface area (TPSA) is 27.3 Å². The zero-order valence-corrected chi connectivity index (χ0v) is 11.5. The molecule has 0 spiro atoms. The van der Waals surface area contributed by atoms with Crippen LogP contribution < -0.4 is 10.6 Å². The van der Waals surface area contributed by atoms with Crippen molar-refractivity contribution in [1.29, 1.82) is 0 Å². The molecular formula is C16H23N3. The summed E-state index contributed by atoms with van der Waals surface area (Å²) in [6.07, 6.45) is 5.38. The molecule has 19 heavy (non-hydrogen) atoms. The third-order valence-corrected chi connectivity index (χ3v) is 4.76. The molecule has 1 saturated carbocycles. The second-order valence-electron chi connectivity index (χ2n) is 6.26. The van der Waals surface area contributed by atoms with E-state index >= 15 is 0 Å². The van der Waals surface area contributed by atoms with Gasteiger partial charge in [-0.2, -0.15) is 0 Å². The first-order valence-corrected chi connectivity index (χ1v) is 7.71. The monoisotopic (exact) mass is 257 g/mol. The van der Waals surface area contributed by atoms with Gasteiger partial charge >= 0.3 is 0 Å². The van der Waals surface area contributed by atoms with Gasteiger partial charge in [-0.05, 0) is 42.9 Å². The third-order valence-electron chi connectivity index (χ3n) is 4.76. The van der Waals surface area contributed by atoms with E-state index in [1.54, 1.807) is 0 Å². The molecule has 2 N–H and O–H groups in total. The van der Waals surface area contributed by atoms with E-state index in [-0.39, 0.29) is 0 Å². The summed E-state index contributed by atoms with van der Waals surface area (Å²) in [4.78, 5) is 2.67. The molecule has 3 aliphatic rings. The first-order chi connectivity index (χ1) is 9.38. The highest BCUT2D eigenvalue weighted by atomic mass is 15.2. The number of rotatable bonds is 4. The molecule has 2 heterocycles. The van der Waals surface area contributed by atoms with Gasteiger partial charge < -0.3 is 10.6 Å². The molecule has 3 heteroatoms. The first kappa shape index (κ1) is 11.7. The molecular weight excluding hydrogens is 234 g/mol. The van der Waals surface area contributed by atoms with Gasteiger partial charge in [-0.15, -0.1) is 0 Å². The van der Waals surface area contributed by atoms with Crippen molar-refractivity contribution in [3.63, 3.8) is 0 Å². The van der Waals surface area contributed by atoms with Crippen LogP contribution in [0, 0.1) is 0 Å². The normalized spacial score (nSPS) is 26.4. The zero-order chi connectivity index (χ0) is 12.7. The number of nitrogens with one attached hydrogen (secondary N) is 2. The average molecular weight is 257 g/mol. The van der Waals surface area contributed by atoms with Gasteiger partial charge in [-0.25, -0.2) is 0 Å². The zero-order valence-electron chi connectivity index (χ0n) is 11.5. The van der Waals surface area contributed by atoms with E-state index in [0.29, 0.717) is 6.04 Å². The molecule has 2 aliphatic heterocycles. The molecule has 2 fully saturated rings. The Labute approximate surface area is 115 Å². The van der Waals surface area contributed by atoms with Crippen LogP contribution in [0.25, 0.3) is 0 Å². The van der Waals surface area contributed by atoms with E-state index in [1.807, 2.05) is 0 Å². The van der Waals surface area contributed by atoms with Crippen molar-refractivity contribution in [3.05, 3.63) is 29.3 Å². The maximum atomic E-state index is 3.74. The smallest absolute Gasteiger partial charge is 0.0373 e. The Morgan fingerprint density at radius 1 is 1.26 bits per heavy atom. The van der Waals surface area contributed by atoms with Crippen LogP contribution in [0.2, 0.25) is 0 Å².